The van der Waals surface area contributed by atoms with Gasteiger partial charge in [-0.2, -0.15) is 0 Å². The second-order valence-electron chi connectivity index (χ2n) is 4.05. The molecule has 0 amide bonds. The van der Waals surface area contributed by atoms with Gasteiger partial charge in [0.05, 0.1) is 14.1 Å². The number of aliphatic hydroxyl groups is 1. The van der Waals surface area contributed by atoms with E-state index in [0.717, 1.165) is 6.08 Å². The lowest BCUT2D eigenvalue weighted by atomic mass is 10.3. The molecule has 0 aliphatic carbocycles. The molecule has 0 saturated heterocycles. The molecule has 0 bridgehead atoms. The summed E-state index contributed by atoms with van der Waals surface area (Å²) in [4.78, 5) is 10.9. The van der Waals surface area contributed by atoms with Crippen LogP contribution in [0.3, 0.4) is 0 Å². The Bertz CT molecular complexity index is 211. The van der Waals surface area contributed by atoms with E-state index in [1.54, 1.807) is 13.8 Å². The molecule has 2 unspecified atom stereocenters. The third-order valence-corrected chi connectivity index (χ3v) is 2.17. The van der Waals surface area contributed by atoms with Crippen LogP contribution < -0.4 is 0 Å². The van der Waals surface area contributed by atoms with Gasteiger partial charge in [-0.15, -0.1) is 0 Å². The molecule has 1 N–H and O–H groups in total. The van der Waals surface area contributed by atoms with Crippen LogP contribution in [0.1, 0.15) is 13.8 Å². The molecule has 0 rings (SSSR count). The van der Waals surface area contributed by atoms with Crippen molar-refractivity contribution in [3.05, 3.63) is 12.7 Å². The van der Waals surface area contributed by atoms with Crippen LogP contribution in [0.5, 0.6) is 0 Å². The molecule has 0 radical (unpaired) electrons. The number of aliphatic hydroxyl groups excluding tert-OH is 1. The molecule has 14 heavy (non-hydrogen) atoms. The number of hydrogen-bond acceptors (Lipinski definition) is 3. The normalized spacial score (nSPS) is 15.8. The summed E-state index contributed by atoms with van der Waals surface area (Å²) in [5, 5.41) is 9.25. The summed E-state index contributed by atoms with van der Waals surface area (Å²) in [5.74, 6) is -0.436. The highest BCUT2D eigenvalue weighted by Crippen LogP contribution is 2.09. The summed E-state index contributed by atoms with van der Waals surface area (Å²) < 4.78 is 5.50. The molecule has 0 aromatic heterocycles. The predicted octanol–water partition coefficient (Wildman–Crippen LogP) is 0.519. The highest BCUT2D eigenvalue weighted by Gasteiger charge is 2.28. The SMILES string of the molecule is C=CC(=O)OC(C)[N+](C)(C)CC(C)O. The fraction of sp³-hybridized carbons (Fsp3) is 0.700. The first-order valence-electron chi connectivity index (χ1n) is 4.63. The van der Waals surface area contributed by atoms with Crippen molar-refractivity contribution in [2.75, 3.05) is 20.6 Å². The monoisotopic (exact) mass is 202 g/mol. The zero-order valence-electron chi connectivity index (χ0n) is 9.36. The van der Waals surface area contributed by atoms with Gasteiger partial charge in [0.1, 0.15) is 12.6 Å². The van der Waals surface area contributed by atoms with Crippen molar-refractivity contribution in [2.24, 2.45) is 0 Å². The molecule has 4 nitrogen and oxygen atoms in total. The van der Waals surface area contributed by atoms with Gasteiger partial charge in [0.15, 0.2) is 0 Å². The Labute approximate surface area is 85.4 Å². The number of carbonyl (C=O) groups excluding carboxylic acids is 1. The van der Waals surface area contributed by atoms with Crippen LogP contribution in [0, 0.1) is 0 Å². The Kier molecular flexibility index (Phi) is 4.80. The van der Waals surface area contributed by atoms with E-state index in [-0.39, 0.29) is 6.23 Å². The molecule has 82 valence electrons. The average molecular weight is 202 g/mol. The fourth-order valence-electron chi connectivity index (χ4n) is 1.19. The molecule has 4 heteroatoms. The Balaban J connectivity index is 4.26. The van der Waals surface area contributed by atoms with Gasteiger partial charge < -0.3 is 9.84 Å². The molecular weight excluding hydrogens is 182 g/mol. The van der Waals surface area contributed by atoms with Crippen molar-refractivity contribution in [2.45, 2.75) is 26.2 Å². The molecule has 2 atom stereocenters. The maximum atomic E-state index is 10.9. The first-order chi connectivity index (χ1) is 6.29. The van der Waals surface area contributed by atoms with Crippen molar-refractivity contribution < 1.29 is 19.1 Å². The summed E-state index contributed by atoms with van der Waals surface area (Å²) in [6, 6.07) is 0. The molecule has 0 spiro atoms. The lowest BCUT2D eigenvalue weighted by Crippen LogP contribution is -2.52. The van der Waals surface area contributed by atoms with Gasteiger partial charge >= 0.3 is 5.97 Å². The third kappa shape index (κ3) is 4.39. The minimum atomic E-state index is -0.436. The number of nitrogens with zero attached hydrogens (tertiary/aromatic N) is 1. The van der Waals surface area contributed by atoms with E-state index >= 15 is 0 Å². The van der Waals surface area contributed by atoms with Crippen LogP contribution in [0.15, 0.2) is 12.7 Å². The first kappa shape index (κ1) is 13.1. The topological polar surface area (TPSA) is 46.5 Å². The number of ether oxygens (including phenoxy) is 1. The van der Waals surface area contributed by atoms with Gasteiger partial charge in [-0.3, -0.25) is 4.48 Å². The van der Waals surface area contributed by atoms with E-state index < -0.39 is 12.1 Å². The number of esters is 1. The number of carbonyl (C=O) groups is 1. The van der Waals surface area contributed by atoms with Crippen molar-refractivity contribution >= 4 is 5.97 Å². The lowest BCUT2D eigenvalue weighted by molar-refractivity contribution is -0.935. The maximum absolute atomic E-state index is 10.9. The second kappa shape index (κ2) is 5.12. The molecule has 0 aliphatic rings. The van der Waals surface area contributed by atoms with Crippen LogP contribution in [0.25, 0.3) is 0 Å². The molecule has 0 aliphatic heterocycles. The predicted molar refractivity (Wildman–Crippen MR) is 54.4 cm³/mol. The summed E-state index contributed by atoms with van der Waals surface area (Å²) in [5.41, 5.74) is 0. The number of quaternary nitrogens is 1. The first-order valence-corrected chi connectivity index (χ1v) is 4.63. The Hall–Kier alpha value is -0.870. The highest BCUT2D eigenvalue weighted by molar-refractivity contribution is 5.81. The van der Waals surface area contributed by atoms with E-state index in [4.69, 9.17) is 4.74 Å². The third-order valence-electron chi connectivity index (χ3n) is 2.17. The van der Waals surface area contributed by atoms with Gasteiger partial charge in [0, 0.05) is 13.0 Å². The van der Waals surface area contributed by atoms with E-state index in [0.29, 0.717) is 11.0 Å². The van der Waals surface area contributed by atoms with E-state index in [1.165, 1.54) is 0 Å². The van der Waals surface area contributed by atoms with Crippen LogP contribution in [0.4, 0.5) is 0 Å². The van der Waals surface area contributed by atoms with Crippen molar-refractivity contribution in [3.63, 3.8) is 0 Å². The molecule has 0 saturated carbocycles. The zero-order valence-corrected chi connectivity index (χ0v) is 9.36. The van der Waals surface area contributed by atoms with E-state index in [2.05, 4.69) is 6.58 Å². The molecule has 0 aromatic rings. The molecule has 0 aromatic carbocycles. The Morgan fingerprint density at radius 2 is 2.07 bits per heavy atom. The quantitative estimate of drug-likeness (QED) is 0.306. The second-order valence-corrected chi connectivity index (χ2v) is 4.05. The number of hydrogen-bond donors (Lipinski definition) is 1. The minimum Gasteiger partial charge on any atom is -0.410 e. The van der Waals surface area contributed by atoms with Crippen molar-refractivity contribution in [3.8, 4) is 0 Å². The largest absolute Gasteiger partial charge is 0.410 e. The summed E-state index contributed by atoms with van der Waals surface area (Å²) in [7, 11) is 3.79. The van der Waals surface area contributed by atoms with Crippen LogP contribution in [0.2, 0.25) is 0 Å². The Morgan fingerprint density at radius 3 is 2.43 bits per heavy atom. The molecular formula is C10H20NO3+. The van der Waals surface area contributed by atoms with Crippen molar-refractivity contribution in [1.29, 1.82) is 0 Å². The smallest absolute Gasteiger partial charge is 0.334 e. The van der Waals surface area contributed by atoms with Crippen LogP contribution in [-0.2, 0) is 9.53 Å². The number of rotatable bonds is 5. The summed E-state index contributed by atoms with van der Waals surface area (Å²) in [6.45, 7) is 7.36. The van der Waals surface area contributed by atoms with Crippen molar-refractivity contribution in [1.82, 2.24) is 0 Å². The molecule has 0 fully saturated rings. The Morgan fingerprint density at radius 1 is 1.57 bits per heavy atom. The molecule has 0 heterocycles. The number of likely N-dealkylation sites (N-methyl/N-ethyl adjacent to an activating group) is 1. The van der Waals surface area contributed by atoms with E-state index in [1.807, 2.05) is 14.1 Å². The van der Waals surface area contributed by atoms with Gasteiger partial charge in [-0.1, -0.05) is 6.58 Å². The van der Waals surface area contributed by atoms with Gasteiger partial charge in [0.2, 0.25) is 6.23 Å². The van der Waals surface area contributed by atoms with Crippen LogP contribution >= 0.6 is 0 Å². The summed E-state index contributed by atoms with van der Waals surface area (Å²) in [6.07, 6.45) is 0.420. The maximum Gasteiger partial charge on any atom is 0.334 e. The van der Waals surface area contributed by atoms with E-state index in [9.17, 15) is 9.90 Å². The minimum absolute atomic E-state index is 0.296. The standard InChI is InChI=1S/C10H20NO3/c1-6-10(13)14-9(3)11(4,5)7-8(2)12/h6,8-9,12H,1,7H2,2-5H3/q+1. The fourth-order valence-corrected chi connectivity index (χ4v) is 1.19. The average Bonchev–Trinajstić information content (AvgIpc) is 2.01. The van der Waals surface area contributed by atoms with Gasteiger partial charge in [-0.25, -0.2) is 4.79 Å². The zero-order chi connectivity index (χ0) is 11.4. The lowest BCUT2D eigenvalue weighted by Gasteiger charge is -2.35. The van der Waals surface area contributed by atoms with Gasteiger partial charge in [0.25, 0.3) is 0 Å². The highest BCUT2D eigenvalue weighted by atomic mass is 16.6. The summed E-state index contributed by atoms with van der Waals surface area (Å²) >= 11 is 0. The van der Waals surface area contributed by atoms with Gasteiger partial charge in [-0.05, 0) is 6.92 Å². The van der Waals surface area contributed by atoms with Crippen LogP contribution in [-0.4, -0.2) is 48.5 Å².